The van der Waals surface area contributed by atoms with Crippen molar-refractivity contribution in [2.45, 2.75) is 26.8 Å². The molecule has 0 saturated heterocycles. The highest BCUT2D eigenvalue weighted by Crippen LogP contribution is 2.34. The first kappa shape index (κ1) is 24.7. The van der Waals surface area contributed by atoms with E-state index < -0.39 is 0 Å². The molecule has 0 fully saturated rings. The minimum atomic E-state index is -0.205. The van der Waals surface area contributed by atoms with E-state index in [0.29, 0.717) is 55.9 Å². The van der Waals surface area contributed by atoms with Gasteiger partial charge in [0.1, 0.15) is 26.4 Å². The summed E-state index contributed by atoms with van der Waals surface area (Å²) in [5.41, 5.74) is 1.58. The van der Waals surface area contributed by atoms with Crippen LogP contribution in [0.5, 0.6) is 23.0 Å². The molecule has 35 heavy (non-hydrogen) atoms. The Balaban J connectivity index is 1.33. The average molecular weight is 484 g/mol. The molecule has 4 rings (SSSR count). The lowest BCUT2D eigenvalue weighted by atomic mass is 9.95. The zero-order chi connectivity index (χ0) is 24.8. The topological polar surface area (TPSA) is 98.4 Å². The van der Waals surface area contributed by atoms with E-state index in [0.717, 1.165) is 11.3 Å². The van der Waals surface area contributed by atoms with Crippen molar-refractivity contribution in [1.29, 1.82) is 0 Å². The van der Waals surface area contributed by atoms with Crippen molar-refractivity contribution >= 4 is 17.5 Å². The molecule has 2 aromatic rings. The van der Waals surface area contributed by atoms with Crippen LogP contribution in [0.1, 0.15) is 32.4 Å². The van der Waals surface area contributed by atoms with Crippen LogP contribution in [-0.2, 0) is 9.59 Å². The SMILES string of the molecule is CCN(CC(=O)Nc1ccc2c(c1)OCCO2)CC(=O)NC(c1ccc2c(c1)OCCO2)C(C)C. The first-order chi connectivity index (χ1) is 16.9. The van der Waals surface area contributed by atoms with Crippen LogP contribution in [0.25, 0.3) is 0 Å². The molecule has 0 aromatic heterocycles. The predicted octanol–water partition coefficient (Wildman–Crippen LogP) is 3.00. The molecule has 0 saturated carbocycles. The third kappa shape index (κ3) is 6.36. The van der Waals surface area contributed by atoms with Crippen LogP contribution in [0.2, 0.25) is 0 Å². The number of amides is 2. The van der Waals surface area contributed by atoms with E-state index in [-0.39, 0.29) is 36.9 Å². The lowest BCUT2D eigenvalue weighted by Crippen LogP contribution is -2.43. The molecule has 1 atom stereocenters. The smallest absolute Gasteiger partial charge is 0.238 e. The summed E-state index contributed by atoms with van der Waals surface area (Å²) in [6.07, 6.45) is 0. The summed E-state index contributed by atoms with van der Waals surface area (Å²) in [4.78, 5) is 27.4. The van der Waals surface area contributed by atoms with Crippen molar-refractivity contribution in [3.05, 3.63) is 42.0 Å². The molecule has 9 nitrogen and oxygen atoms in total. The Morgan fingerprint density at radius 2 is 1.40 bits per heavy atom. The van der Waals surface area contributed by atoms with Crippen LogP contribution >= 0.6 is 0 Å². The van der Waals surface area contributed by atoms with Crippen LogP contribution in [-0.4, -0.2) is 62.8 Å². The third-order valence-electron chi connectivity index (χ3n) is 5.92. The third-order valence-corrected chi connectivity index (χ3v) is 5.92. The second kappa shape index (κ2) is 11.3. The van der Waals surface area contributed by atoms with E-state index in [1.54, 1.807) is 23.1 Å². The molecule has 2 N–H and O–H groups in total. The summed E-state index contributed by atoms with van der Waals surface area (Å²) >= 11 is 0. The maximum atomic E-state index is 12.9. The Bertz CT molecular complexity index is 1060. The predicted molar refractivity (Wildman–Crippen MR) is 131 cm³/mol. The van der Waals surface area contributed by atoms with Crippen molar-refractivity contribution in [2.24, 2.45) is 5.92 Å². The molecular formula is C26H33N3O6. The molecule has 0 bridgehead atoms. The number of anilines is 1. The van der Waals surface area contributed by atoms with Crippen molar-refractivity contribution in [3.63, 3.8) is 0 Å². The van der Waals surface area contributed by atoms with Gasteiger partial charge in [-0.2, -0.15) is 0 Å². The second-order valence-electron chi connectivity index (χ2n) is 8.90. The lowest BCUT2D eigenvalue weighted by Gasteiger charge is -2.27. The minimum Gasteiger partial charge on any atom is -0.486 e. The number of hydrogen-bond donors (Lipinski definition) is 2. The van der Waals surface area contributed by atoms with Crippen LogP contribution in [0.3, 0.4) is 0 Å². The van der Waals surface area contributed by atoms with E-state index in [9.17, 15) is 9.59 Å². The average Bonchev–Trinajstić information content (AvgIpc) is 2.86. The number of nitrogens with one attached hydrogen (secondary N) is 2. The number of benzene rings is 2. The number of likely N-dealkylation sites (N-methyl/N-ethyl adjacent to an activating group) is 1. The quantitative estimate of drug-likeness (QED) is 0.566. The second-order valence-corrected chi connectivity index (χ2v) is 8.90. The highest BCUT2D eigenvalue weighted by atomic mass is 16.6. The molecule has 2 amide bonds. The van der Waals surface area contributed by atoms with E-state index in [4.69, 9.17) is 18.9 Å². The largest absolute Gasteiger partial charge is 0.486 e. The summed E-state index contributed by atoms with van der Waals surface area (Å²) in [6, 6.07) is 10.9. The van der Waals surface area contributed by atoms with Gasteiger partial charge in [0.15, 0.2) is 23.0 Å². The molecule has 0 radical (unpaired) electrons. The molecule has 0 aliphatic carbocycles. The van der Waals surface area contributed by atoms with Gasteiger partial charge < -0.3 is 29.6 Å². The van der Waals surface area contributed by atoms with Gasteiger partial charge in [0, 0.05) is 11.8 Å². The summed E-state index contributed by atoms with van der Waals surface area (Å²) in [7, 11) is 0. The molecule has 0 spiro atoms. The molecule has 2 aliphatic rings. The Kier molecular flexibility index (Phi) is 7.97. The molecule has 2 heterocycles. The molecular weight excluding hydrogens is 450 g/mol. The van der Waals surface area contributed by atoms with E-state index in [1.165, 1.54) is 0 Å². The highest BCUT2D eigenvalue weighted by molar-refractivity contribution is 5.93. The van der Waals surface area contributed by atoms with Crippen molar-refractivity contribution in [1.82, 2.24) is 10.2 Å². The van der Waals surface area contributed by atoms with E-state index in [1.807, 2.05) is 25.1 Å². The minimum absolute atomic E-state index is 0.0920. The first-order valence-corrected chi connectivity index (χ1v) is 12.0. The van der Waals surface area contributed by atoms with Crippen molar-refractivity contribution < 1.29 is 28.5 Å². The Hall–Kier alpha value is -3.46. The fourth-order valence-corrected chi connectivity index (χ4v) is 4.11. The molecule has 2 aliphatic heterocycles. The maximum absolute atomic E-state index is 12.9. The number of carbonyl (C=O) groups is 2. The number of carbonyl (C=O) groups excluding carboxylic acids is 2. The maximum Gasteiger partial charge on any atom is 0.238 e. The van der Waals surface area contributed by atoms with Gasteiger partial charge in [0.25, 0.3) is 0 Å². The summed E-state index contributed by atoms with van der Waals surface area (Å²) in [5.74, 6) is 2.50. The number of nitrogens with zero attached hydrogens (tertiary/aromatic N) is 1. The van der Waals surface area contributed by atoms with Crippen LogP contribution in [0.15, 0.2) is 36.4 Å². The van der Waals surface area contributed by atoms with Crippen molar-refractivity contribution in [3.8, 4) is 23.0 Å². The van der Waals surface area contributed by atoms with Gasteiger partial charge in [-0.1, -0.05) is 26.8 Å². The van der Waals surface area contributed by atoms with Gasteiger partial charge in [0.05, 0.1) is 19.1 Å². The first-order valence-electron chi connectivity index (χ1n) is 12.0. The molecule has 188 valence electrons. The Labute approximate surface area is 205 Å². The van der Waals surface area contributed by atoms with Gasteiger partial charge in [0.2, 0.25) is 11.8 Å². The number of ether oxygens (including phenoxy) is 4. The van der Waals surface area contributed by atoms with Gasteiger partial charge in [-0.05, 0) is 42.3 Å². The molecule has 2 aromatic carbocycles. The summed E-state index contributed by atoms with van der Waals surface area (Å²) < 4.78 is 22.4. The standard InChI is InChI=1S/C26H33N3O6/c1-4-29(15-24(30)27-19-6-8-21-23(14-19)35-12-10-33-21)16-25(31)28-26(17(2)3)18-5-7-20-22(13-18)34-11-9-32-20/h5-8,13-14,17,26H,4,9-12,15-16H2,1-3H3,(H,27,30)(H,28,31). The summed E-state index contributed by atoms with van der Waals surface area (Å²) in [5, 5.41) is 5.99. The Morgan fingerprint density at radius 1 is 0.829 bits per heavy atom. The fraction of sp³-hybridized carbons (Fsp3) is 0.462. The van der Waals surface area contributed by atoms with Crippen LogP contribution in [0.4, 0.5) is 5.69 Å². The van der Waals surface area contributed by atoms with Gasteiger partial charge in [-0.15, -0.1) is 0 Å². The highest BCUT2D eigenvalue weighted by Gasteiger charge is 2.23. The number of rotatable bonds is 9. The summed E-state index contributed by atoms with van der Waals surface area (Å²) in [6.45, 7) is 8.82. The normalized spacial score (nSPS) is 15.0. The van der Waals surface area contributed by atoms with Gasteiger partial charge in [-0.25, -0.2) is 0 Å². The fourth-order valence-electron chi connectivity index (χ4n) is 4.11. The molecule has 1 unspecified atom stereocenters. The van der Waals surface area contributed by atoms with E-state index in [2.05, 4.69) is 24.5 Å². The van der Waals surface area contributed by atoms with Crippen LogP contribution in [0, 0.1) is 5.92 Å². The Morgan fingerprint density at radius 3 is 2.03 bits per heavy atom. The zero-order valence-electron chi connectivity index (χ0n) is 20.5. The van der Waals surface area contributed by atoms with Gasteiger partial charge in [-0.3, -0.25) is 14.5 Å². The van der Waals surface area contributed by atoms with E-state index >= 15 is 0 Å². The van der Waals surface area contributed by atoms with Crippen molar-refractivity contribution in [2.75, 3.05) is 51.4 Å². The number of hydrogen-bond acceptors (Lipinski definition) is 7. The monoisotopic (exact) mass is 483 g/mol. The molecule has 9 heteroatoms. The number of fused-ring (bicyclic) bond motifs is 2. The zero-order valence-corrected chi connectivity index (χ0v) is 20.5. The van der Waals surface area contributed by atoms with Gasteiger partial charge >= 0.3 is 0 Å². The lowest BCUT2D eigenvalue weighted by molar-refractivity contribution is -0.124. The van der Waals surface area contributed by atoms with Crippen LogP contribution < -0.4 is 29.6 Å².